The first-order chi connectivity index (χ1) is 8.70. The fourth-order valence-electron chi connectivity index (χ4n) is 1.32. The number of pyridine rings is 1. The quantitative estimate of drug-likeness (QED) is 0.395. The van der Waals surface area contributed by atoms with Crippen molar-refractivity contribution in [3.8, 4) is 11.6 Å². The van der Waals surface area contributed by atoms with E-state index < -0.39 is 0 Å². The lowest BCUT2D eigenvalue weighted by molar-refractivity contribution is 0.318. The minimum Gasteiger partial charge on any atom is -0.438 e. The smallest absolute Gasteiger partial charge is 0.219 e. The average molecular weight is 308 g/mol. The Morgan fingerprint density at radius 2 is 2.11 bits per heavy atom. The molecule has 0 aliphatic rings. The van der Waals surface area contributed by atoms with E-state index in [9.17, 15) is 0 Å². The van der Waals surface area contributed by atoms with Gasteiger partial charge in [0.25, 0.3) is 0 Å². The highest BCUT2D eigenvalue weighted by Crippen LogP contribution is 2.28. The molecule has 1 aromatic heterocycles. The molecule has 0 saturated heterocycles. The molecule has 1 aromatic carbocycles. The highest BCUT2D eigenvalue weighted by atomic mass is 79.9. The first-order valence-corrected chi connectivity index (χ1v) is 5.86. The summed E-state index contributed by atoms with van der Waals surface area (Å²) >= 11 is 3.37. The van der Waals surface area contributed by atoms with Crippen molar-refractivity contribution in [3.05, 3.63) is 52.6 Å². The summed E-state index contributed by atoms with van der Waals surface area (Å²) in [4.78, 5) is 4.06. The van der Waals surface area contributed by atoms with Crippen LogP contribution in [0.25, 0.3) is 0 Å². The van der Waals surface area contributed by atoms with Crippen molar-refractivity contribution >= 4 is 21.8 Å². The van der Waals surface area contributed by atoms with Crippen molar-refractivity contribution in [3.63, 3.8) is 0 Å². The fourth-order valence-corrected chi connectivity index (χ4v) is 1.69. The molecule has 6 heteroatoms. The van der Waals surface area contributed by atoms with Crippen LogP contribution in [-0.2, 0) is 0 Å². The van der Waals surface area contributed by atoms with Gasteiger partial charge in [-0.25, -0.2) is 4.98 Å². The van der Waals surface area contributed by atoms with E-state index in [2.05, 4.69) is 26.1 Å². The van der Waals surface area contributed by atoms with Crippen LogP contribution >= 0.6 is 15.9 Å². The van der Waals surface area contributed by atoms with Crippen LogP contribution in [-0.4, -0.2) is 16.0 Å². The Morgan fingerprint density at radius 3 is 2.83 bits per heavy atom. The molecule has 3 N–H and O–H groups in total. The van der Waals surface area contributed by atoms with Crippen LogP contribution < -0.4 is 10.5 Å². The van der Waals surface area contributed by atoms with Crippen LogP contribution in [0.3, 0.4) is 0 Å². The largest absolute Gasteiger partial charge is 0.438 e. The Kier molecular flexibility index (Phi) is 3.78. The molecule has 0 spiro atoms. The summed E-state index contributed by atoms with van der Waals surface area (Å²) < 4.78 is 6.41. The van der Waals surface area contributed by atoms with Gasteiger partial charge in [0.15, 0.2) is 5.84 Å². The molecule has 0 amide bonds. The van der Waals surface area contributed by atoms with E-state index in [1.165, 1.54) is 6.20 Å². The molecule has 0 atom stereocenters. The van der Waals surface area contributed by atoms with Crippen LogP contribution in [0.4, 0.5) is 0 Å². The number of aromatic nitrogens is 1. The third-order valence-corrected chi connectivity index (χ3v) is 2.84. The number of ether oxygens (including phenoxy) is 1. The molecule has 2 rings (SSSR count). The maximum Gasteiger partial charge on any atom is 0.219 e. The molecule has 5 nitrogen and oxygen atoms in total. The first kappa shape index (κ1) is 12.4. The Bertz CT molecular complexity index is 587. The van der Waals surface area contributed by atoms with Crippen LogP contribution in [0.2, 0.25) is 0 Å². The van der Waals surface area contributed by atoms with Gasteiger partial charge in [0.1, 0.15) is 5.75 Å². The van der Waals surface area contributed by atoms with Crippen molar-refractivity contribution in [2.75, 3.05) is 0 Å². The van der Waals surface area contributed by atoms with E-state index in [-0.39, 0.29) is 5.84 Å². The molecule has 18 heavy (non-hydrogen) atoms. The lowest BCUT2D eigenvalue weighted by Gasteiger charge is -2.07. The van der Waals surface area contributed by atoms with Gasteiger partial charge in [-0.15, -0.1) is 0 Å². The zero-order valence-electron chi connectivity index (χ0n) is 9.25. The molecular formula is C12H10BrN3O2. The molecule has 0 radical (unpaired) electrons. The van der Waals surface area contributed by atoms with Crippen molar-refractivity contribution < 1.29 is 9.94 Å². The number of benzene rings is 1. The summed E-state index contributed by atoms with van der Waals surface area (Å²) in [5.74, 6) is 1.02. The van der Waals surface area contributed by atoms with E-state index >= 15 is 0 Å². The Labute approximate surface area is 112 Å². The summed E-state index contributed by atoms with van der Waals surface area (Å²) in [5.41, 5.74) is 6.03. The number of para-hydroxylation sites is 1. The Hall–Kier alpha value is -2.08. The number of nitrogens with two attached hydrogens (primary N) is 1. The maximum atomic E-state index is 8.61. The van der Waals surface area contributed by atoms with Crippen molar-refractivity contribution in [2.45, 2.75) is 0 Å². The van der Waals surface area contributed by atoms with Crippen molar-refractivity contribution in [1.82, 2.24) is 4.98 Å². The van der Waals surface area contributed by atoms with Gasteiger partial charge in [0, 0.05) is 17.8 Å². The van der Waals surface area contributed by atoms with Gasteiger partial charge >= 0.3 is 0 Å². The molecule has 0 fully saturated rings. The zero-order valence-corrected chi connectivity index (χ0v) is 10.8. The monoisotopic (exact) mass is 307 g/mol. The van der Waals surface area contributed by atoms with Crippen LogP contribution in [0.15, 0.2) is 52.2 Å². The number of nitrogens with zero attached hydrogens (tertiary/aromatic N) is 2. The standard InChI is InChI=1S/C12H10BrN3O2/c13-9-3-1-2-4-10(9)18-11-7-8(5-6-15-11)12(14)16-17/h1-7,17H,(H2,14,16). The summed E-state index contributed by atoms with van der Waals surface area (Å²) in [5, 5.41) is 11.5. The van der Waals surface area contributed by atoms with E-state index in [4.69, 9.17) is 15.7 Å². The maximum absolute atomic E-state index is 8.61. The number of hydrogen-bond donors (Lipinski definition) is 2. The first-order valence-electron chi connectivity index (χ1n) is 5.07. The van der Waals surface area contributed by atoms with Crippen molar-refractivity contribution in [1.29, 1.82) is 0 Å². The number of halogens is 1. The molecular weight excluding hydrogens is 298 g/mol. The van der Waals surface area contributed by atoms with E-state index in [1.54, 1.807) is 12.1 Å². The van der Waals surface area contributed by atoms with Crippen molar-refractivity contribution in [2.24, 2.45) is 10.9 Å². The third kappa shape index (κ3) is 2.78. The van der Waals surface area contributed by atoms with Gasteiger partial charge in [-0.1, -0.05) is 17.3 Å². The second-order valence-corrected chi connectivity index (χ2v) is 4.25. The molecule has 0 unspecified atom stereocenters. The molecule has 92 valence electrons. The van der Waals surface area contributed by atoms with Gasteiger partial charge in [-0.3, -0.25) is 0 Å². The summed E-state index contributed by atoms with van der Waals surface area (Å²) in [6, 6.07) is 10.6. The predicted octanol–water partition coefficient (Wildman–Crippen LogP) is 2.73. The summed E-state index contributed by atoms with van der Waals surface area (Å²) in [6.45, 7) is 0. The molecule has 0 aliphatic carbocycles. The summed E-state index contributed by atoms with van der Waals surface area (Å²) in [6.07, 6.45) is 1.53. The van der Waals surface area contributed by atoms with Gasteiger partial charge < -0.3 is 15.7 Å². The number of amidine groups is 1. The Morgan fingerprint density at radius 1 is 1.33 bits per heavy atom. The molecule has 0 bridgehead atoms. The predicted molar refractivity (Wildman–Crippen MR) is 71.0 cm³/mol. The molecule has 0 aliphatic heterocycles. The lowest BCUT2D eigenvalue weighted by atomic mass is 10.2. The topological polar surface area (TPSA) is 80.7 Å². The Balaban J connectivity index is 2.28. The number of rotatable bonds is 3. The fraction of sp³-hybridized carbons (Fsp3) is 0. The van der Waals surface area contributed by atoms with Gasteiger partial charge in [0.05, 0.1) is 4.47 Å². The normalized spacial score (nSPS) is 11.3. The van der Waals surface area contributed by atoms with E-state index in [1.807, 2.05) is 24.3 Å². The average Bonchev–Trinajstić information content (AvgIpc) is 2.41. The highest BCUT2D eigenvalue weighted by Gasteiger charge is 2.05. The highest BCUT2D eigenvalue weighted by molar-refractivity contribution is 9.10. The lowest BCUT2D eigenvalue weighted by Crippen LogP contribution is -2.13. The number of hydrogen-bond acceptors (Lipinski definition) is 4. The third-order valence-electron chi connectivity index (χ3n) is 2.19. The van der Waals surface area contributed by atoms with Crippen LogP contribution in [0, 0.1) is 0 Å². The minimum absolute atomic E-state index is 0.00868. The van der Waals surface area contributed by atoms with Crippen LogP contribution in [0.5, 0.6) is 11.6 Å². The van der Waals surface area contributed by atoms with E-state index in [0.29, 0.717) is 17.2 Å². The van der Waals surface area contributed by atoms with Gasteiger partial charge in [-0.05, 0) is 34.1 Å². The zero-order chi connectivity index (χ0) is 13.0. The van der Waals surface area contributed by atoms with Gasteiger partial charge in [-0.2, -0.15) is 0 Å². The second-order valence-electron chi connectivity index (χ2n) is 3.40. The second kappa shape index (κ2) is 5.50. The SMILES string of the molecule is N/C(=N\O)c1ccnc(Oc2ccccc2Br)c1. The molecule has 0 saturated carbocycles. The molecule has 1 heterocycles. The van der Waals surface area contributed by atoms with E-state index in [0.717, 1.165) is 4.47 Å². The minimum atomic E-state index is 0.00868. The molecule has 2 aromatic rings. The summed E-state index contributed by atoms with van der Waals surface area (Å²) in [7, 11) is 0. The van der Waals surface area contributed by atoms with Crippen LogP contribution in [0.1, 0.15) is 5.56 Å². The van der Waals surface area contributed by atoms with Gasteiger partial charge in [0.2, 0.25) is 5.88 Å². The number of oxime groups is 1.